The molecule has 0 fully saturated rings. The van der Waals surface area contributed by atoms with Gasteiger partial charge in [0.15, 0.2) is 5.17 Å². The molecule has 0 aliphatic heterocycles. The lowest BCUT2D eigenvalue weighted by atomic mass is 10.1. The Kier molecular flexibility index (Phi) is 3.75. The summed E-state index contributed by atoms with van der Waals surface area (Å²) in [7, 11) is 0. The van der Waals surface area contributed by atoms with Crippen molar-refractivity contribution in [1.29, 1.82) is 10.7 Å². The Labute approximate surface area is 109 Å². The molecule has 2 rings (SSSR count). The van der Waals surface area contributed by atoms with Crippen LogP contribution in [0.2, 0.25) is 0 Å². The molecule has 0 bridgehead atoms. The molecule has 90 valence electrons. The molecule has 0 aliphatic rings. The van der Waals surface area contributed by atoms with Gasteiger partial charge in [-0.3, -0.25) is 15.4 Å². The number of rotatable bonds is 3. The third-order valence-corrected chi connectivity index (χ3v) is 3.22. The summed E-state index contributed by atoms with van der Waals surface area (Å²) >= 11 is 1.22. The van der Waals surface area contributed by atoms with Crippen molar-refractivity contribution in [3.8, 4) is 6.07 Å². The number of thioether (sulfide) groups is 1. The quantitative estimate of drug-likeness (QED) is 0.645. The first-order valence-electron chi connectivity index (χ1n) is 5.27. The maximum atomic E-state index is 8.91. The molecule has 0 spiro atoms. The molecule has 0 saturated heterocycles. The summed E-state index contributed by atoms with van der Waals surface area (Å²) in [5, 5.41) is 16.2. The monoisotopic (exact) mass is 257 g/mol. The Hall–Kier alpha value is -2.13. The van der Waals surface area contributed by atoms with Gasteiger partial charge in [-0.05, 0) is 23.3 Å². The molecule has 2 aromatic rings. The maximum absolute atomic E-state index is 8.91. The first-order valence-corrected chi connectivity index (χ1v) is 6.26. The zero-order valence-electron chi connectivity index (χ0n) is 9.55. The molecule has 0 aliphatic carbocycles. The molecule has 0 aromatic carbocycles. The van der Waals surface area contributed by atoms with E-state index in [9.17, 15) is 0 Å². The third kappa shape index (κ3) is 2.57. The Morgan fingerprint density at radius 3 is 3.06 bits per heavy atom. The zero-order chi connectivity index (χ0) is 13.0. The van der Waals surface area contributed by atoms with E-state index in [1.807, 2.05) is 12.1 Å². The molecule has 0 saturated carbocycles. The number of aromatic nitrogens is 2. The van der Waals surface area contributed by atoms with Crippen LogP contribution in [-0.4, -0.2) is 15.1 Å². The highest BCUT2D eigenvalue weighted by atomic mass is 32.2. The smallest absolute Gasteiger partial charge is 0.151 e. The van der Waals surface area contributed by atoms with Gasteiger partial charge in [0, 0.05) is 18.1 Å². The summed E-state index contributed by atoms with van der Waals surface area (Å²) in [5.74, 6) is 0.534. The van der Waals surface area contributed by atoms with Crippen molar-refractivity contribution in [1.82, 2.24) is 9.97 Å². The zero-order valence-corrected chi connectivity index (χ0v) is 10.4. The number of nitriles is 1. The number of fused-ring (bicyclic) bond motifs is 1. The second-order valence-electron chi connectivity index (χ2n) is 3.62. The van der Waals surface area contributed by atoms with Crippen LogP contribution >= 0.6 is 11.8 Å². The van der Waals surface area contributed by atoms with Gasteiger partial charge in [-0.2, -0.15) is 5.26 Å². The first kappa shape index (κ1) is 12.3. The minimum Gasteiger partial charge on any atom is -0.379 e. The van der Waals surface area contributed by atoms with Crippen LogP contribution in [0, 0.1) is 16.7 Å². The van der Waals surface area contributed by atoms with Crippen LogP contribution in [0.25, 0.3) is 11.0 Å². The fourth-order valence-corrected chi connectivity index (χ4v) is 2.23. The summed E-state index contributed by atoms with van der Waals surface area (Å²) in [4.78, 5) is 8.59. The number of nitrogens with two attached hydrogens (primary N) is 1. The molecule has 0 unspecified atom stereocenters. The first-order chi connectivity index (χ1) is 8.72. The van der Waals surface area contributed by atoms with Gasteiger partial charge in [0.25, 0.3) is 0 Å². The fraction of sp³-hybridized carbons (Fsp3) is 0.167. The van der Waals surface area contributed by atoms with Gasteiger partial charge < -0.3 is 5.73 Å². The Morgan fingerprint density at radius 2 is 2.33 bits per heavy atom. The Morgan fingerprint density at radius 1 is 1.50 bits per heavy atom. The maximum Gasteiger partial charge on any atom is 0.151 e. The van der Waals surface area contributed by atoms with E-state index in [4.69, 9.17) is 16.4 Å². The van der Waals surface area contributed by atoms with Crippen LogP contribution in [0.5, 0.6) is 0 Å². The summed E-state index contributed by atoms with van der Waals surface area (Å²) in [5.41, 5.74) is 8.63. The van der Waals surface area contributed by atoms with Gasteiger partial charge in [0.05, 0.1) is 23.5 Å². The van der Waals surface area contributed by atoms with Crippen LogP contribution in [0.1, 0.15) is 11.1 Å². The highest BCUT2D eigenvalue weighted by Crippen LogP contribution is 2.22. The van der Waals surface area contributed by atoms with E-state index in [1.54, 1.807) is 12.4 Å². The number of nitrogens with one attached hydrogen (secondary N) is 1. The summed E-state index contributed by atoms with van der Waals surface area (Å²) in [6.45, 7) is 0. The summed E-state index contributed by atoms with van der Waals surface area (Å²) in [6.07, 6.45) is 3.70. The van der Waals surface area contributed by atoms with E-state index < -0.39 is 0 Å². The van der Waals surface area contributed by atoms with E-state index in [-0.39, 0.29) is 11.6 Å². The molecule has 0 atom stereocenters. The van der Waals surface area contributed by atoms with Crippen molar-refractivity contribution in [3.63, 3.8) is 0 Å². The van der Waals surface area contributed by atoms with Gasteiger partial charge in [-0.15, -0.1) is 0 Å². The number of pyridine rings is 2. The molecule has 2 heterocycles. The van der Waals surface area contributed by atoms with E-state index in [0.717, 1.165) is 22.2 Å². The molecule has 0 amide bonds. The fourth-order valence-electron chi connectivity index (χ4n) is 1.67. The molecule has 18 heavy (non-hydrogen) atoms. The number of nitrogens with zero attached hydrogens (tertiary/aromatic N) is 3. The van der Waals surface area contributed by atoms with Crippen LogP contribution in [0.4, 0.5) is 0 Å². The van der Waals surface area contributed by atoms with Crippen molar-refractivity contribution in [2.45, 2.75) is 12.2 Å². The molecular formula is C12H11N5S. The van der Waals surface area contributed by atoms with Crippen molar-refractivity contribution in [2.24, 2.45) is 5.73 Å². The predicted molar refractivity (Wildman–Crippen MR) is 72.1 cm³/mol. The van der Waals surface area contributed by atoms with Gasteiger partial charge >= 0.3 is 0 Å². The van der Waals surface area contributed by atoms with Crippen LogP contribution in [0.3, 0.4) is 0 Å². The largest absolute Gasteiger partial charge is 0.379 e. The van der Waals surface area contributed by atoms with Crippen LogP contribution in [0.15, 0.2) is 24.5 Å². The summed E-state index contributed by atoms with van der Waals surface area (Å²) < 4.78 is 0. The third-order valence-electron chi connectivity index (χ3n) is 2.46. The second-order valence-corrected chi connectivity index (χ2v) is 4.64. The minimum absolute atomic E-state index is 0.0547. The van der Waals surface area contributed by atoms with Crippen LogP contribution in [-0.2, 0) is 12.2 Å². The lowest BCUT2D eigenvalue weighted by molar-refractivity contribution is 1.16. The molecule has 2 aromatic heterocycles. The number of amidine groups is 1. The lowest BCUT2D eigenvalue weighted by Crippen LogP contribution is -2.05. The van der Waals surface area contributed by atoms with Gasteiger partial charge in [-0.1, -0.05) is 11.8 Å². The van der Waals surface area contributed by atoms with E-state index in [2.05, 4.69) is 16.0 Å². The van der Waals surface area contributed by atoms with E-state index in [0.29, 0.717) is 5.75 Å². The van der Waals surface area contributed by atoms with Crippen LogP contribution < -0.4 is 5.73 Å². The standard InChI is InChI=1S/C12H11N5S/c13-4-3-9-8(7-18-12(14)15)6-17-10-2-1-5-16-11(9)10/h1-2,5-6H,3,7H2,(H3,14,15). The van der Waals surface area contributed by atoms with Crippen molar-refractivity contribution in [2.75, 3.05) is 0 Å². The topological polar surface area (TPSA) is 99.4 Å². The van der Waals surface area contributed by atoms with Crippen molar-refractivity contribution >= 4 is 28.0 Å². The summed E-state index contributed by atoms with van der Waals surface area (Å²) in [6, 6.07) is 5.82. The second kappa shape index (κ2) is 5.47. The predicted octanol–water partition coefficient (Wildman–Crippen LogP) is 1.82. The van der Waals surface area contributed by atoms with Gasteiger partial charge in [-0.25, -0.2) is 0 Å². The number of hydrogen-bond acceptors (Lipinski definition) is 5. The Balaban J connectivity index is 2.49. The van der Waals surface area contributed by atoms with Gasteiger partial charge in [0.2, 0.25) is 0 Å². The SMILES string of the molecule is N#CCc1c(CSC(=N)N)cnc2cccnc12. The van der Waals surface area contributed by atoms with E-state index in [1.165, 1.54) is 11.8 Å². The molecule has 0 radical (unpaired) electrons. The minimum atomic E-state index is 0.0547. The van der Waals surface area contributed by atoms with E-state index >= 15 is 0 Å². The average molecular weight is 257 g/mol. The number of hydrogen-bond donors (Lipinski definition) is 2. The van der Waals surface area contributed by atoms with Crippen molar-refractivity contribution < 1.29 is 0 Å². The highest BCUT2D eigenvalue weighted by molar-refractivity contribution is 8.13. The molecule has 5 nitrogen and oxygen atoms in total. The lowest BCUT2D eigenvalue weighted by Gasteiger charge is -2.08. The molecular weight excluding hydrogens is 246 g/mol. The Bertz CT molecular complexity index is 632. The van der Waals surface area contributed by atoms with Gasteiger partial charge in [0.1, 0.15) is 0 Å². The average Bonchev–Trinajstić information content (AvgIpc) is 2.38. The highest BCUT2D eigenvalue weighted by Gasteiger charge is 2.10. The molecule has 6 heteroatoms. The normalized spacial score (nSPS) is 10.2. The van der Waals surface area contributed by atoms with Crippen molar-refractivity contribution in [3.05, 3.63) is 35.7 Å². The molecule has 3 N–H and O–H groups in total.